The topological polar surface area (TPSA) is 43.8 Å². The summed E-state index contributed by atoms with van der Waals surface area (Å²) in [5.41, 5.74) is 1.85. The fourth-order valence-corrected chi connectivity index (χ4v) is 2.29. The van der Waals surface area contributed by atoms with E-state index >= 15 is 0 Å². The van der Waals surface area contributed by atoms with Crippen molar-refractivity contribution in [3.05, 3.63) is 29.8 Å². The second kappa shape index (κ2) is 6.06. The standard InChI is InChI=1S/C15H22N2O2/c1-3-16(2)13-6-4-12(5-7-13)15(19)17-10-8-14(18)9-11-17/h4-7,14,18H,3,8-11H2,1-2H3. The van der Waals surface area contributed by atoms with Gasteiger partial charge in [0.05, 0.1) is 6.10 Å². The van der Waals surface area contributed by atoms with E-state index < -0.39 is 0 Å². The SMILES string of the molecule is CCN(C)c1ccc(C(=O)N2CCC(O)CC2)cc1. The number of anilines is 1. The van der Waals surface area contributed by atoms with Gasteiger partial charge in [0, 0.05) is 37.9 Å². The molecule has 0 atom stereocenters. The fraction of sp³-hybridized carbons (Fsp3) is 0.533. The van der Waals surface area contributed by atoms with Crippen LogP contribution in [0.4, 0.5) is 5.69 Å². The maximum absolute atomic E-state index is 12.3. The van der Waals surface area contributed by atoms with Gasteiger partial charge in [-0.15, -0.1) is 0 Å². The first-order chi connectivity index (χ1) is 9.11. The van der Waals surface area contributed by atoms with Crippen LogP contribution in [0.1, 0.15) is 30.1 Å². The predicted octanol–water partition coefficient (Wildman–Crippen LogP) is 1.74. The fourth-order valence-electron chi connectivity index (χ4n) is 2.29. The van der Waals surface area contributed by atoms with Crippen molar-refractivity contribution in [1.29, 1.82) is 0 Å². The van der Waals surface area contributed by atoms with Crippen molar-refractivity contribution in [2.24, 2.45) is 0 Å². The summed E-state index contributed by atoms with van der Waals surface area (Å²) < 4.78 is 0. The molecule has 0 unspecified atom stereocenters. The molecule has 0 bridgehead atoms. The first-order valence-electron chi connectivity index (χ1n) is 6.90. The molecule has 1 saturated heterocycles. The summed E-state index contributed by atoms with van der Waals surface area (Å²) in [5, 5.41) is 9.46. The van der Waals surface area contributed by atoms with Crippen LogP contribution in [0.15, 0.2) is 24.3 Å². The maximum atomic E-state index is 12.3. The van der Waals surface area contributed by atoms with Crippen LogP contribution in [0.2, 0.25) is 0 Å². The van der Waals surface area contributed by atoms with E-state index in [0.29, 0.717) is 25.9 Å². The average molecular weight is 262 g/mol. The minimum Gasteiger partial charge on any atom is -0.393 e. The molecule has 1 aliphatic heterocycles. The predicted molar refractivity (Wildman–Crippen MR) is 76.5 cm³/mol. The van der Waals surface area contributed by atoms with Gasteiger partial charge in [-0.3, -0.25) is 4.79 Å². The Morgan fingerprint density at radius 2 is 1.89 bits per heavy atom. The zero-order chi connectivity index (χ0) is 13.8. The van der Waals surface area contributed by atoms with Crippen LogP contribution in [0.25, 0.3) is 0 Å². The number of nitrogens with zero attached hydrogens (tertiary/aromatic N) is 2. The molecule has 0 radical (unpaired) electrons. The molecule has 1 aromatic rings. The molecule has 19 heavy (non-hydrogen) atoms. The van der Waals surface area contributed by atoms with Crippen LogP contribution in [0.5, 0.6) is 0 Å². The number of carbonyl (C=O) groups is 1. The lowest BCUT2D eigenvalue weighted by atomic mass is 10.1. The number of benzene rings is 1. The third kappa shape index (κ3) is 3.26. The van der Waals surface area contributed by atoms with Crippen LogP contribution in [-0.2, 0) is 0 Å². The van der Waals surface area contributed by atoms with Gasteiger partial charge in [-0.1, -0.05) is 0 Å². The smallest absolute Gasteiger partial charge is 0.253 e. The molecule has 1 heterocycles. The molecule has 1 N–H and O–H groups in total. The summed E-state index contributed by atoms with van der Waals surface area (Å²) in [5.74, 6) is 0.0672. The Hall–Kier alpha value is -1.55. The molecular weight excluding hydrogens is 240 g/mol. The van der Waals surface area contributed by atoms with E-state index in [4.69, 9.17) is 0 Å². The van der Waals surface area contributed by atoms with E-state index in [0.717, 1.165) is 17.8 Å². The summed E-state index contributed by atoms with van der Waals surface area (Å²) in [7, 11) is 2.03. The third-order valence-electron chi connectivity index (χ3n) is 3.78. The van der Waals surface area contributed by atoms with Crippen LogP contribution in [0.3, 0.4) is 0 Å². The summed E-state index contributed by atoms with van der Waals surface area (Å²) >= 11 is 0. The first-order valence-corrected chi connectivity index (χ1v) is 6.90. The number of aliphatic hydroxyl groups is 1. The maximum Gasteiger partial charge on any atom is 0.253 e. The van der Waals surface area contributed by atoms with Crippen LogP contribution >= 0.6 is 0 Å². The Balaban J connectivity index is 2.03. The van der Waals surface area contributed by atoms with E-state index in [1.54, 1.807) is 0 Å². The molecule has 4 heteroatoms. The minimum atomic E-state index is -0.246. The number of likely N-dealkylation sites (tertiary alicyclic amines) is 1. The Labute approximate surface area is 114 Å². The van der Waals surface area contributed by atoms with Gasteiger partial charge >= 0.3 is 0 Å². The highest BCUT2D eigenvalue weighted by Gasteiger charge is 2.22. The Kier molecular flexibility index (Phi) is 4.43. The third-order valence-corrected chi connectivity index (χ3v) is 3.78. The van der Waals surface area contributed by atoms with Gasteiger partial charge in [0.25, 0.3) is 5.91 Å². The summed E-state index contributed by atoms with van der Waals surface area (Å²) in [4.78, 5) is 16.2. The van der Waals surface area contributed by atoms with Gasteiger partial charge < -0.3 is 14.9 Å². The lowest BCUT2D eigenvalue weighted by Crippen LogP contribution is -2.40. The lowest BCUT2D eigenvalue weighted by molar-refractivity contribution is 0.0546. The number of hydrogen-bond donors (Lipinski definition) is 1. The molecule has 2 rings (SSSR count). The number of carbonyl (C=O) groups excluding carboxylic acids is 1. The summed E-state index contributed by atoms with van der Waals surface area (Å²) in [6, 6.07) is 7.73. The quantitative estimate of drug-likeness (QED) is 0.902. The molecule has 1 fully saturated rings. The van der Waals surface area contributed by atoms with Gasteiger partial charge in [0.1, 0.15) is 0 Å². The highest BCUT2D eigenvalue weighted by molar-refractivity contribution is 5.94. The summed E-state index contributed by atoms with van der Waals surface area (Å²) in [6.45, 7) is 4.34. The normalized spacial score (nSPS) is 16.5. The number of aliphatic hydroxyl groups excluding tert-OH is 1. The minimum absolute atomic E-state index is 0.0672. The largest absolute Gasteiger partial charge is 0.393 e. The van der Waals surface area contributed by atoms with E-state index in [2.05, 4.69) is 11.8 Å². The first kappa shape index (κ1) is 13.9. The van der Waals surface area contributed by atoms with Gasteiger partial charge in [-0.25, -0.2) is 0 Å². The zero-order valence-corrected chi connectivity index (χ0v) is 11.7. The van der Waals surface area contributed by atoms with E-state index in [1.807, 2.05) is 36.2 Å². The Morgan fingerprint density at radius 1 is 1.32 bits per heavy atom. The molecule has 104 valence electrons. The highest BCUT2D eigenvalue weighted by Crippen LogP contribution is 2.17. The Morgan fingerprint density at radius 3 is 2.42 bits per heavy atom. The molecule has 1 amide bonds. The molecule has 0 aromatic heterocycles. The zero-order valence-electron chi connectivity index (χ0n) is 11.7. The number of hydrogen-bond acceptors (Lipinski definition) is 3. The van der Waals surface area contributed by atoms with E-state index in [1.165, 1.54) is 0 Å². The second-order valence-corrected chi connectivity index (χ2v) is 5.08. The van der Waals surface area contributed by atoms with Crippen molar-refractivity contribution in [3.63, 3.8) is 0 Å². The summed E-state index contributed by atoms with van der Waals surface area (Å²) in [6.07, 6.45) is 1.12. The number of piperidine rings is 1. The van der Waals surface area contributed by atoms with Crippen molar-refractivity contribution in [2.45, 2.75) is 25.9 Å². The molecule has 0 spiro atoms. The average Bonchev–Trinajstić information content (AvgIpc) is 2.46. The van der Waals surface area contributed by atoms with Crippen molar-refractivity contribution in [3.8, 4) is 0 Å². The van der Waals surface area contributed by atoms with Crippen molar-refractivity contribution in [1.82, 2.24) is 4.90 Å². The van der Waals surface area contributed by atoms with Crippen LogP contribution in [0, 0.1) is 0 Å². The molecule has 1 aromatic carbocycles. The Bertz CT molecular complexity index is 422. The van der Waals surface area contributed by atoms with E-state index in [-0.39, 0.29) is 12.0 Å². The van der Waals surface area contributed by atoms with Gasteiger partial charge in [0.2, 0.25) is 0 Å². The molecule has 4 nitrogen and oxygen atoms in total. The van der Waals surface area contributed by atoms with Crippen molar-refractivity contribution < 1.29 is 9.90 Å². The van der Waals surface area contributed by atoms with Crippen molar-refractivity contribution >= 4 is 11.6 Å². The monoisotopic (exact) mass is 262 g/mol. The number of amides is 1. The number of rotatable bonds is 3. The highest BCUT2D eigenvalue weighted by atomic mass is 16.3. The lowest BCUT2D eigenvalue weighted by Gasteiger charge is -2.29. The molecular formula is C15H22N2O2. The van der Waals surface area contributed by atoms with Crippen molar-refractivity contribution in [2.75, 3.05) is 31.6 Å². The van der Waals surface area contributed by atoms with Crippen LogP contribution < -0.4 is 4.90 Å². The van der Waals surface area contributed by atoms with E-state index in [9.17, 15) is 9.90 Å². The molecule has 1 aliphatic rings. The second-order valence-electron chi connectivity index (χ2n) is 5.08. The van der Waals surface area contributed by atoms with Gasteiger partial charge in [0.15, 0.2) is 0 Å². The molecule has 0 aliphatic carbocycles. The van der Waals surface area contributed by atoms with Gasteiger partial charge in [-0.2, -0.15) is 0 Å². The van der Waals surface area contributed by atoms with Crippen LogP contribution in [-0.4, -0.2) is 48.7 Å². The van der Waals surface area contributed by atoms with Gasteiger partial charge in [-0.05, 0) is 44.0 Å². The molecule has 0 saturated carbocycles.